The van der Waals surface area contributed by atoms with Crippen molar-refractivity contribution in [2.45, 2.75) is 33.4 Å². The van der Waals surface area contributed by atoms with E-state index in [1.165, 1.54) is 10.1 Å². The van der Waals surface area contributed by atoms with Crippen LogP contribution < -0.4 is 11.0 Å². The third kappa shape index (κ3) is 3.33. The van der Waals surface area contributed by atoms with Crippen molar-refractivity contribution < 1.29 is 9.59 Å². The van der Waals surface area contributed by atoms with Gasteiger partial charge in [0.2, 0.25) is 11.7 Å². The van der Waals surface area contributed by atoms with Gasteiger partial charge in [-0.1, -0.05) is 19.1 Å². The Morgan fingerprint density at radius 2 is 1.88 bits per heavy atom. The van der Waals surface area contributed by atoms with Crippen LogP contribution in [-0.4, -0.2) is 44.2 Å². The number of nitrogens with one attached hydrogen (secondary N) is 1. The predicted octanol–water partition coefficient (Wildman–Crippen LogP) is 0.722. The topological polar surface area (TPSA) is 89.2 Å². The van der Waals surface area contributed by atoms with Gasteiger partial charge in [-0.25, -0.2) is 9.48 Å². The van der Waals surface area contributed by atoms with Crippen LogP contribution in [0.25, 0.3) is 0 Å². The number of amides is 2. The standard InChI is InChI=1S/C17H21N5O3/c1-3-12-5-7-13(8-6-12)18-14(23)11-22-17(25)21-10-9-20(4-2)16(24)15(21)19-22/h5-8H,3-4,9-11H2,1-2H3,(H,18,23). The van der Waals surface area contributed by atoms with Crippen LogP contribution in [0.15, 0.2) is 29.1 Å². The average Bonchev–Trinajstić information content (AvgIpc) is 2.93. The number of nitrogens with zero attached hydrogens (tertiary/aromatic N) is 4. The molecule has 132 valence electrons. The van der Waals surface area contributed by atoms with E-state index >= 15 is 0 Å². The van der Waals surface area contributed by atoms with Crippen LogP contribution in [0, 0.1) is 0 Å². The van der Waals surface area contributed by atoms with Crippen molar-refractivity contribution in [2.75, 3.05) is 18.4 Å². The fraction of sp³-hybridized carbons (Fsp3) is 0.412. The number of aromatic nitrogens is 3. The van der Waals surface area contributed by atoms with Gasteiger partial charge in [0.05, 0.1) is 0 Å². The number of hydrogen-bond acceptors (Lipinski definition) is 4. The van der Waals surface area contributed by atoms with Crippen LogP contribution in [0.2, 0.25) is 0 Å². The zero-order chi connectivity index (χ0) is 18.0. The van der Waals surface area contributed by atoms with Gasteiger partial charge >= 0.3 is 5.69 Å². The van der Waals surface area contributed by atoms with Crippen LogP contribution >= 0.6 is 0 Å². The summed E-state index contributed by atoms with van der Waals surface area (Å²) in [5.41, 5.74) is 1.40. The SMILES string of the molecule is CCc1ccc(NC(=O)Cn2nc3n(c2=O)CCN(CC)C3=O)cc1. The molecule has 0 aliphatic carbocycles. The van der Waals surface area contributed by atoms with Gasteiger partial charge in [-0.15, -0.1) is 5.10 Å². The lowest BCUT2D eigenvalue weighted by Gasteiger charge is -2.24. The fourth-order valence-corrected chi connectivity index (χ4v) is 2.83. The highest BCUT2D eigenvalue weighted by Gasteiger charge is 2.28. The quantitative estimate of drug-likeness (QED) is 0.866. The number of benzene rings is 1. The molecule has 2 heterocycles. The number of carbonyl (C=O) groups is 2. The molecule has 0 unspecified atom stereocenters. The molecule has 2 amide bonds. The van der Waals surface area contributed by atoms with E-state index in [1.807, 2.05) is 31.2 Å². The highest BCUT2D eigenvalue weighted by molar-refractivity contribution is 5.92. The smallest absolute Gasteiger partial charge is 0.334 e. The first-order valence-electron chi connectivity index (χ1n) is 8.39. The summed E-state index contributed by atoms with van der Waals surface area (Å²) in [5.74, 6) is -0.542. The molecule has 3 rings (SSSR count). The van der Waals surface area contributed by atoms with Gasteiger partial charge < -0.3 is 10.2 Å². The summed E-state index contributed by atoms with van der Waals surface area (Å²) in [7, 11) is 0. The first-order valence-corrected chi connectivity index (χ1v) is 8.39. The molecular weight excluding hydrogens is 322 g/mol. The monoisotopic (exact) mass is 343 g/mol. The molecule has 25 heavy (non-hydrogen) atoms. The number of hydrogen-bond donors (Lipinski definition) is 1. The molecule has 2 aromatic rings. The molecule has 0 fully saturated rings. The number of aryl methyl sites for hydroxylation is 1. The first-order chi connectivity index (χ1) is 12.0. The lowest BCUT2D eigenvalue weighted by molar-refractivity contribution is -0.117. The molecule has 1 aromatic heterocycles. The van der Waals surface area contributed by atoms with E-state index in [0.717, 1.165) is 11.1 Å². The molecule has 1 N–H and O–H groups in total. The second-order valence-electron chi connectivity index (χ2n) is 5.90. The Balaban J connectivity index is 1.74. The van der Waals surface area contributed by atoms with Crippen molar-refractivity contribution in [3.05, 3.63) is 46.1 Å². The van der Waals surface area contributed by atoms with E-state index in [1.54, 1.807) is 4.90 Å². The Kier molecular flexibility index (Phi) is 4.69. The Morgan fingerprint density at radius 1 is 1.16 bits per heavy atom. The molecule has 0 bridgehead atoms. The van der Waals surface area contributed by atoms with Gasteiger partial charge in [0.25, 0.3) is 5.91 Å². The molecule has 0 saturated carbocycles. The van der Waals surface area contributed by atoms with E-state index in [-0.39, 0.29) is 24.2 Å². The Hall–Kier alpha value is -2.90. The van der Waals surface area contributed by atoms with Crippen molar-refractivity contribution in [1.82, 2.24) is 19.2 Å². The zero-order valence-electron chi connectivity index (χ0n) is 14.4. The maximum absolute atomic E-state index is 12.3. The van der Waals surface area contributed by atoms with Gasteiger partial charge in [0, 0.05) is 25.3 Å². The summed E-state index contributed by atoms with van der Waals surface area (Å²) < 4.78 is 2.37. The molecule has 0 spiro atoms. The summed E-state index contributed by atoms with van der Waals surface area (Å²) >= 11 is 0. The second kappa shape index (κ2) is 6.92. The maximum atomic E-state index is 12.3. The number of rotatable bonds is 5. The van der Waals surface area contributed by atoms with Gasteiger partial charge in [0.1, 0.15) is 6.54 Å². The van der Waals surface area contributed by atoms with Crippen molar-refractivity contribution in [3.8, 4) is 0 Å². The summed E-state index contributed by atoms with van der Waals surface area (Å²) in [6, 6.07) is 7.52. The van der Waals surface area contributed by atoms with E-state index in [4.69, 9.17) is 0 Å². The minimum atomic E-state index is -0.435. The van der Waals surface area contributed by atoms with Crippen LogP contribution in [0.3, 0.4) is 0 Å². The molecule has 0 atom stereocenters. The fourth-order valence-electron chi connectivity index (χ4n) is 2.83. The van der Waals surface area contributed by atoms with Crippen molar-refractivity contribution in [2.24, 2.45) is 0 Å². The van der Waals surface area contributed by atoms with Gasteiger partial charge in [-0.3, -0.25) is 14.2 Å². The maximum Gasteiger partial charge on any atom is 0.346 e. The van der Waals surface area contributed by atoms with Crippen molar-refractivity contribution in [1.29, 1.82) is 0 Å². The number of likely N-dealkylation sites (N-methyl/N-ethyl adjacent to an activating group) is 1. The molecular formula is C17H21N5O3. The summed E-state index contributed by atoms with van der Waals surface area (Å²) in [5, 5.41) is 6.79. The first kappa shape index (κ1) is 16.9. The second-order valence-corrected chi connectivity index (χ2v) is 5.90. The lowest BCUT2D eigenvalue weighted by atomic mass is 10.1. The molecule has 0 radical (unpaired) electrons. The molecule has 1 aliphatic heterocycles. The molecule has 1 aromatic carbocycles. The van der Waals surface area contributed by atoms with E-state index in [2.05, 4.69) is 17.3 Å². The third-order valence-corrected chi connectivity index (χ3v) is 4.32. The van der Waals surface area contributed by atoms with E-state index in [9.17, 15) is 14.4 Å². The zero-order valence-corrected chi connectivity index (χ0v) is 14.4. The highest BCUT2D eigenvalue weighted by Crippen LogP contribution is 2.10. The molecule has 8 heteroatoms. The minimum absolute atomic E-state index is 0.0956. The van der Waals surface area contributed by atoms with Crippen molar-refractivity contribution >= 4 is 17.5 Å². The van der Waals surface area contributed by atoms with Crippen LogP contribution in [-0.2, 0) is 24.3 Å². The van der Waals surface area contributed by atoms with Gasteiger partial charge in [-0.05, 0) is 31.0 Å². The summed E-state index contributed by atoms with van der Waals surface area (Å²) in [4.78, 5) is 38.4. The predicted molar refractivity (Wildman–Crippen MR) is 92.5 cm³/mol. The van der Waals surface area contributed by atoms with Crippen LogP contribution in [0.1, 0.15) is 30.0 Å². The van der Waals surface area contributed by atoms with Crippen LogP contribution in [0.4, 0.5) is 5.69 Å². The highest BCUT2D eigenvalue weighted by atomic mass is 16.2. The number of fused-ring (bicyclic) bond motifs is 1. The third-order valence-electron chi connectivity index (χ3n) is 4.32. The largest absolute Gasteiger partial charge is 0.346 e. The summed E-state index contributed by atoms with van der Waals surface area (Å²) in [6.07, 6.45) is 0.923. The van der Waals surface area contributed by atoms with Crippen molar-refractivity contribution in [3.63, 3.8) is 0 Å². The Labute approximate surface area is 145 Å². The van der Waals surface area contributed by atoms with Gasteiger partial charge in [-0.2, -0.15) is 0 Å². The van der Waals surface area contributed by atoms with Crippen LogP contribution in [0.5, 0.6) is 0 Å². The average molecular weight is 343 g/mol. The number of carbonyl (C=O) groups excluding carboxylic acids is 2. The Morgan fingerprint density at radius 3 is 2.52 bits per heavy atom. The Bertz CT molecular complexity index is 850. The summed E-state index contributed by atoms with van der Waals surface area (Å²) in [6.45, 7) is 5.14. The minimum Gasteiger partial charge on any atom is -0.334 e. The normalized spacial score (nSPS) is 13.7. The van der Waals surface area contributed by atoms with E-state index < -0.39 is 5.69 Å². The van der Waals surface area contributed by atoms with E-state index in [0.29, 0.717) is 25.3 Å². The molecule has 0 saturated heterocycles. The lowest BCUT2D eigenvalue weighted by Crippen LogP contribution is -2.42. The molecule has 8 nitrogen and oxygen atoms in total. The molecule has 1 aliphatic rings. The number of anilines is 1. The van der Waals surface area contributed by atoms with Gasteiger partial charge in [0.15, 0.2) is 0 Å².